The van der Waals surface area contributed by atoms with Crippen molar-refractivity contribution in [3.05, 3.63) is 24.3 Å². The van der Waals surface area contributed by atoms with Crippen LogP contribution in [0.5, 0.6) is 0 Å². The van der Waals surface area contributed by atoms with Crippen LogP contribution >= 0.6 is 12.4 Å². The molecule has 0 aromatic heterocycles. The fraction of sp³-hybridized carbons (Fsp3) is 0.417. The number of carbonyl (C=O) groups excluding carboxylic acids is 1. The van der Waals surface area contributed by atoms with Gasteiger partial charge in [-0.2, -0.15) is 0 Å². The molecule has 1 aliphatic heterocycles. The van der Waals surface area contributed by atoms with Gasteiger partial charge in [-0.25, -0.2) is 0 Å². The van der Waals surface area contributed by atoms with Crippen LogP contribution in [-0.2, 0) is 15.6 Å². The standard InChI is InChI=1S/C12H16N2O2S.ClH/c1-17(16)10-5-2-4-9(8-10)14-12(15)11-6-3-7-13-11;/h2,4-5,8,11,13H,3,6-7H2,1H3,(H,14,15);1H. The van der Waals surface area contributed by atoms with Gasteiger partial charge >= 0.3 is 0 Å². The normalized spacial score (nSPS) is 19.9. The third-order valence-electron chi connectivity index (χ3n) is 2.81. The summed E-state index contributed by atoms with van der Waals surface area (Å²) in [5.41, 5.74) is 0.705. The highest BCUT2D eigenvalue weighted by molar-refractivity contribution is 7.84. The van der Waals surface area contributed by atoms with E-state index in [1.165, 1.54) is 0 Å². The van der Waals surface area contributed by atoms with Gasteiger partial charge in [0, 0.05) is 27.6 Å². The zero-order valence-electron chi connectivity index (χ0n) is 10.1. The number of anilines is 1. The van der Waals surface area contributed by atoms with Gasteiger partial charge in [0.1, 0.15) is 0 Å². The lowest BCUT2D eigenvalue weighted by Crippen LogP contribution is -2.35. The van der Waals surface area contributed by atoms with E-state index in [0.717, 1.165) is 24.3 Å². The highest BCUT2D eigenvalue weighted by atomic mass is 35.5. The Morgan fingerprint density at radius 3 is 2.89 bits per heavy atom. The summed E-state index contributed by atoms with van der Waals surface area (Å²) in [7, 11) is -1.02. The van der Waals surface area contributed by atoms with Crippen LogP contribution in [0.15, 0.2) is 29.2 Å². The van der Waals surface area contributed by atoms with E-state index in [4.69, 9.17) is 0 Å². The lowest BCUT2D eigenvalue weighted by molar-refractivity contribution is -0.117. The molecule has 2 unspecified atom stereocenters. The average Bonchev–Trinajstić information content (AvgIpc) is 2.82. The summed E-state index contributed by atoms with van der Waals surface area (Å²) in [5.74, 6) is -0.0125. The summed E-state index contributed by atoms with van der Waals surface area (Å²) >= 11 is 0. The molecule has 0 saturated carbocycles. The van der Waals surface area contributed by atoms with Crippen LogP contribution in [0.3, 0.4) is 0 Å². The van der Waals surface area contributed by atoms with E-state index in [2.05, 4.69) is 10.6 Å². The minimum atomic E-state index is -1.02. The SMILES string of the molecule is CS(=O)c1cccc(NC(=O)C2CCCN2)c1.Cl. The van der Waals surface area contributed by atoms with Crippen LogP contribution in [0.4, 0.5) is 5.69 Å². The molecule has 18 heavy (non-hydrogen) atoms. The van der Waals surface area contributed by atoms with Crippen LogP contribution in [0.25, 0.3) is 0 Å². The predicted molar refractivity (Wildman–Crippen MR) is 75.7 cm³/mol. The molecule has 1 aromatic rings. The molecule has 6 heteroatoms. The third-order valence-corrected chi connectivity index (χ3v) is 3.73. The molecule has 1 aliphatic rings. The lowest BCUT2D eigenvalue weighted by atomic mass is 10.2. The fourth-order valence-electron chi connectivity index (χ4n) is 1.89. The molecule has 1 fully saturated rings. The summed E-state index contributed by atoms with van der Waals surface area (Å²) in [6.45, 7) is 0.900. The van der Waals surface area contributed by atoms with E-state index < -0.39 is 10.8 Å². The van der Waals surface area contributed by atoms with Gasteiger partial charge < -0.3 is 10.6 Å². The maximum absolute atomic E-state index is 11.8. The van der Waals surface area contributed by atoms with E-state index in [-0.39, 0.29) is 24.4 Å². The zero-order valence-corrected chi connectivity index (χ0v) is 11.8. The Balaban J connectivity index is 0.00000162. The van der Waals surface area contributed by atoms with Crippen LogP contribution in [0.1, 0.15) is 12.8 Å². The Hall–Kier alpha value is -0.910. The highest BCUT2D eigenvalue weighted by Gasteiger charge is 2.21. The summed E-state index contributed by atoms with van der Waals surface area (Å²) in [4.78, 5) is 12.6. The van der Waals surface area contributed by atoms with Crippen molar-refractivity contribution >= 4 is 34.8 Å². The smallest absolute Gasteiger partial charge is 0.241 e. The molecule has 2 N–H and O–H groups in total. The van der Waals surface area contributed by atoms with Crippen LogP contribution < -0.4 is 10.6 Å². The first kappa shape index (κ1) is 15.1. The quantitative estimate of drug-likeness (QED) is 0.887. The summed E-state index contributed by atoms with van der Waals surface area (Å²) in [5, 5.41) is 5.99. The number of rotatable bonds is 3. The molecule has 0 aliphatic carbocycles. The first-order chi connectivity index (χ1) is 8.16. The molecule has 1 saturated heterocycles. The summed E-state index contributed by atoms with van der Waals surface area (Å²) < 4.78 is 11.3. The highest BCUT2D eigenvalue weighted by Crippen LogP contribution is 2.14. The summed E-state index contributed by atoms with van der Waals surface area (Å²) in [6, 6.07) is 7.06. The van der Waals surface area contributed by atoms with Crippen molar-refractivity contribution in [2.45, 2.75) is 23.8 Å². The first-order valence-electron chi connectivity index (χ1n) is 5.64. The molecule has 0 spiro atoms. The molecule has 2 rings (SSSR count). The Morgan fingerprint density at radius 2 is 2.28 bits per heavy atom. The Labute approximate surface area is 115 Å². The second-order valence-electron chi connectivity index (χ2n) is 4.12. The number of halogens is 1. The van der Waals surface area contributed by atoms with Crippen molar-refractivity contribution in [1.29, 1.82) is 0 Å². The van der Waals surface area contributed by atoms with E-state index >= 15 is 0 Å². The average molecular weight is 289 g/mol. The van der Waals surface area contributed by atoms with Gasteiger partial charge in [-0.05, 0) is 37.6 Å². The molecule has 0 radical (unpaired) electrons. The number of hydrogen-bond acceptors (Lipinski definition) is 3. The Bertz CT molecular complexity index is 447. The predicted octanol–water partition coefficient (Wildman–Crippen LogP) is 1.54. The van der Waals surface area contributed by atoms with Gasteiger partial charge in [0.25, 0.3) is 0 Å². The van der Waals surface area contributed by atoms with Crippen LogP contribution in [0, 0.1) is 0 Å². The molecule has 1 aromatic carbocycles. The molecule has 100 valence electrons. The van der Waals surface area contributed by atoms with Gasteiger partial charge in [-0.1, -0.05) is 6.07 Å². The van der Waals surface area contributed by atoms with Crippen molar-refractivity contribution in [3.63, 3.8) is 0 Å². The number of benzene rings is 1. The van der Waals surface area contributed by atoms with Gasteiger partial charge in [0.05, 0.1) is 6.04 Å². The molecule has 4 nitrogen and oxygen atoms in total. The number of nitrogens with one attached hydrogen (secondary N) is 2. The third kappa shape index (κ3) is 3.80. The second kappa shape index (κ2) is 6.87. The second-order valence-corrected chi connectivity index (χ2v) is 5.50. The molecule has 1 heterocycles. The largest absolute Gasteiger partial charge is 0.325 e. The maximum atomic E-state index is 11.8. The van der Waals surface area contributed by atoms with E-state index in [9.17, 15) is 9.00 Å². The molecule has 0 bridgehead atoms. The molecule has 1 amide bonds. The van der Waals surface area contributed by atoms with Gasteiger partial charge in [0.15, 0.2) is 0 Å². The lowest BCUT2D eigenvalue weighted by Gasteiger charge is -2.11. The van der Waals surface area contributed by atoms with Gasteiger partial charge in [-0.3, -0.25) is 9.00 Å². The van der Waals surface area contributed by atoms with E-state index in [1.807, 2.05) is 6.07 Å². The minimum Gasteiger partial charge on any atom is -0.325 e. The van der Waals surface area contributed by atoms with Crippen molar-refractivity contribution in [1.82, 2.24) is 5.32 Å². The molecule has 2 atom stereocenters. The van der Waals surface area contributed by atoms with Gasteiger partial charge in [-0.15, -0.1) is 12.4 Å². The number of amides is 1. The Kier molecular flexibility index (Phi) is 5.78. The first-order valence-corrected chi connectivity index (χ1v) is 7.20. The van der Waals surface area contributed by atoms with Crippen molar-refractivity contribution in [3.8, 4) is 0 Å². The maximum Gasteiger partial charge on any atom is 0.241 e. The molecular weight excluding hydrogens is 272 g/mol. The number of hydrogen-bond donors (Lipinski definition) is 2. The van der Waals surface area contributed by atoms with Gasteiger partial charge in [0.2, 0.25) is 5.91 Å². The van der Waals surface area contributed by atoms with Crippen molar-refractivity contribution in [2.75, 3.05) is 18.1 Å². The van der Waals surface area contributed by atoms with E-state index in [1.54, 1.807) is 24.5 Å². The minimum absolute atomic E-state index is 0. The summed E-state index contributed by atoms with van der Waals surface area (Å²) in [6.07, 6.45) is 3.54. The van der Waals surface area contributed by atoms with Crippen molar-refractivity contribution < 1.29 is 9.00 Å². The van der Waals surface area contributed by atoms with Crippen LogP contribution in [0.2, 0.25) is 0 Å². The number of carbonyl (C=O) groups is 1. The van der Waals surface area contributed by atoms with Crippen molar-refractivity contribution in [2.24, 2.45) is 0 Å². The van der Waals surface area contributed by atoms with E-state index in [0.29, 0.717) is 5.69 Å². The van der Waals surface area contributed by atoms with Crippen LogP contribution in [-0.4, -0.2) is 29.0 Å². The monoisotopic (exact) mass is 288 g/mol. The zero-order chi connectivity index (χ0) is 12.3. The Morgan fingerprint density at radius 1 is 1.50 bits per heavy atom. The molecular formula is C12H17ClN2O2S. The fourth-order valence-corrected chi connectivity index (χ4v) is 2.45. The topological polar surface area (TPSA) is 58.2 Å².